The number of nitrogens with zero attached hydrogens (tertiary/aromatic N) is 8. The lowest BCUT2D eigenvalue weighted by molar-refractivity contribution is 0.0186. The van der Waals surface area contributed by atoms with E-state index in [1.807, 2.05) is 80.4 Å². The number of piperazine rings is 1. The maximum atomic E-state index is 14.5. The van der Waals surface area contributed by atoms with E-state index in [0.29, 0.717) is 62.9 Å². The smallest absolute Gasteiger partial charge is 0.410 e. The molecule has 3 amide bonds. The topological polar surface area (TPSA) is 111 Å². The molecule has 0 N–H and O–H groups in total. The van der Waals surface area contributed by atoms with E-state index < -0.39 is 5.60 Å². The van der Waals surface area contributed by atoms with Crippen LogP contribution in [-0.4, -0.2) is 92.8 Å². The first-order chi connectivity index (χ1) is 26.0. The zero-order chi connectivity index (χ0) is 38.0. The van der Waals surface area contributed by atoms with Crippen molar-refractivity contribution < 1.29 is 14.3 Å². The molecular formula is C42H47ClN8O3. The van der Waals surface area contributed by atoms with Gasteiger partial charge in [0.1, 0.15) is 11.4 Å². The first-order valence-electron chi connectivity index (χ1n) is 18.7. The Morgan fingerprint density at radius 1 is 0.963 bits per heavy atom. The van der Waals surface area contributed by atoms with Crippen molar-refractivity contribution in [2.45, 2.75) is 58.7 Å². The number of urea groups is 1. The molecule has 2 aromatic carbocycles. The van der Waals surface area contributed by atoms with Crippen LogP contribution in [-0.2, 0) is 11.3 Å². The Morgan fingerprint density at radius 2 is 1.70 bits per heavy atom. The number of amides is 3. The van der Waals surface area contributed by atoms with Crippen molar-refractivity contribution in [3.63, 3.8) is 0 Å². The van der Waals surface area contributed by atoms with Gasteiger partial charge in [0.25, 0.3) is 0 Å². The average Bonchev–Trinajstić information content (AvgIpc) is 3.52. The second-order valence-electron chi connectivity index (χ2n) is 15.4. The monoisotopic (exact) mass is 746 g/mol. The molecular weight excluding hydrogens is 700 g/mol. The zero-order valence-corrected chi connectivity index (χ0v) is 32.2. The molecule has 7 rings (SSSR count). The lowest BCUT2D eigenvalue weighted by Crippen LogP contribution is -2.55. The van der Waals surface area contributed by atoms with E-state index in [-0.39, 0.29) is 24.1 Å². The van der Waals surface area contributed by atoms with Gasteiger partial charge in [-0.3, -0.25) is 14.8 Å². The molecule has 0 radical (unpaired) electrons. The van der Waals surface area contributed by atoms with Gasteiger partial charge in [-0.1, -0.05) is 23.7 Å². The molecule has 4 aromatic rings. The maximum absolute atomic E-state index is 14.5. The number of aromatic nitrogens is 3. The molecule has 12 heteroatoms. The maximum Gasteiger partial charge on any atom is 0.410 e. The Balaban J connectivity index is 1.10. The zero-order valence-electron chi connectivity index (χ0n) is 31.4. The van der Waals surface area contributed by atoms with Crippen LogP contribution in [0.25, 0.3) is 11.6 Å². The van der Waals surface area contributed by atoms with Gasteiger partial charge in [0, 0.05) is 81.7 Å². The average molecular weight is 747 g/mol. The van der Waals surface area contributed by atoms with Gasteiger partial charge in [-0.2, -0.15) is 5.26 Å². The Labute approximate surface area is 322 Å². The van der Waals surface area contributed by atoms with E-state index in [1.54, 1.807) is 17.0 Å². The van der Waals surface area contributed by atoms with Crippen molar-refractivity contribution in [2.75, 3.05) is 50.7 Å². The van der Waals surface area contributed by atoms with Gasteiger partial charge in [0.15, 0.2) is 0 Å². The number of benzene rings is 2. The highest BCUT2D eigenvalue weighted by Crippen LogP contribution is 2.41. The van der Waals surface area contributed by atoms with Gasteiger partial charge in [-0.25, -0.2) is 14.6 Å². The van der Waals surface area contributed by atoms with Gasteiger partial charge < -0.3 is 19.1 Å². The molecule has 11 nitrogen and oxygen atoms in total. The molecule has 1 aliphatic carbocycles. The minimum atomic E-state index is -0.552. The van der Waals surface area contributed by atoms with Crippen LogP contribution >= 0.6 is 11.6 Å². The molecule has 0 bridgehead atoms. The number of imidazole rings is 1. The van der Waals surface area contributed by atoms with Crippen LogP contribution in [0.4, 0.5) is 15.3 Å². The predicted octanol–water partition coefficient (Wildman–Crippen LogP) is 7.65. The summed E-state index contributed by atoms with van der Waals surface area (Å²) in [6, 6.07) is 19.5. The summed E-state index contributed by atoms with van der Waals surface area (Å²) in [6.45, 7) is 12.3. The molecule has 0 saturated carbocycles. The Hall–Kier alpha value is -5.18. The Bertz CT molecular complexity index is 2070. The fourth-order valence-electron chi connectivity index (χ4n) is 7.73. The third kappa shape index (κ3) is 8.15. The molecule has 1 atom stereocenters. The van der Waals surface area contributed by atoms with Gasteiger partial charge in [0.2, 0.25) is 0 Å². The first-order valence-corrected chi connectivity index (χ1v) is 19.1. The van der Waals surface area contributed by atoms with Crippen molar-refractivity contribution in [3.8, 4) is 6.07 Å². The molecule has 54 heavy (non-hydrogen) atoms. The number of aryl methyl sites for hydroxylation is 1. The number of carbonyl (C=O) groups excluding carboxylic acids is 2. The van der Waals surface area contributed by atoms with Crippen molar-refractivity contribution in [3.05, 3.63) is 112 Å². The first kappa shape index (κ1) is 37.1. The van der Waals surface area contributed by atoms with Crippen LogP contribution in [0.5, 0.6) is 0 Å². The summed E-state index contributed by atoms with van der Waals surface area (Å²) >= 11 is 6.65. The van der Waals surface area contributed by atoms with Gasteiger partial charge in [0.05, 0.1) is 23.4 Å². The third-order valence-electron chi connectivity index (χ3n) is 10.6. The molecule has 0 unspecified atom stereocenters. The van der Waals surface area contributed by atoms with E-state index in [9.17, 15) is 14.9 Å². The van der Waals surface area contributed by atoms with Crippen LogP contribution in [0.3, 0.4) is 0 Å². The number of anilines is 1. The number of likely N-dealkylation sites (tertiary alicyclic amines) is 1. The fourth-order valence-corrected chi connectivity index (χ4v) is 7.90. The van der Waals surface area contributed by atoms with E-state index in [0.717, 1.165) is 52.3 Å². The summed E-state index contributed by atoms with van der Waals surface area (Å²) in [4.78, 5) is 44.6. The minimum Gasteiger partial charge on any atom is -0.444 e. The van der Waals surface area contributed by atoms with Crippen LogP contribution < -0.4 is 4.90 Å². The Morgan fingerprint density at radius 3 is 2.37 bits per heavy atom. The second-order valence-corrected chi connectivity index (χ2v) is 15.8. The molecule has 2 fully saturated rings. The summed E-state index contributed by atoms with van der Waals surface area (Å²) in [5.74, 6) is 1.14. The molecule has 2 aliphatic heterocycles. The standard InChI is InChI=1S/C42H47ClN8O3/c1-29-45-16-19-50(29)28-33-24-32-6-5-15-46-38(32)39(36-12-9-34(43)25-37(33)36)47-20-22-48(23-21-47)40(52)51(35-10-7-30(26-44)8-11-35)27-31-13-17-49(18-14-31)41(53)54-42(2,3)4/h5-12,15-16,19,24-25,31,39H,13-14,17-18,20-23,27-28H2,1-4H3/t39-/m1/s1. The number of carbonyl (C=O) groups is 2. The van der Waals surface area contributed by atoms with Crippen molar-refractivity contribution >= 4 is 41.1 Å². The van der Waals surface area contributed by atoms with Crippen LogP contribution in [0.1, 0.15) is 73.4 Å². The normalized spacial score (nSPS) is 17.9. The second kappa shape index (κ2) is 15.7. The number of ether oxygens (including phenoxy) is 1. The highest BCUT2D eigenvalue weighted by atomic mass is 35.5. The quantitative estimate of drug-likeness (QED) is 0.199. The minimum absolute atomic E-state index is 0.0554. The number of nitriles is 1. The van der Waals surface area contributed by atoms with Crippen LogP contribution in [0, 0.1) is 24.2 Å². The summed E-state index contributed by atoms with van der Waals surface area (Å²) in [6.07, 6.45) is 9.13. The molecule has 280 valence electrons. The molecule has 3 aliphatic rings. The van der Waals surface area contributed by atoms with Crippen LogP contribution in [0.2, 0.25) is 5.02 Å². The van der Waals surface area contributed by atoms with E-state index in [1.165, 1.54) is 0 Å². The predicted molar refractivity (Wildman–Crippen MR) is 210 cm³/mol. The summed E-state index contributed by atoms with van der Waals surface area (Å²) in [5, 5.41) is 10.1. The number of hydrogen-bond acceptors (Lipinski definition) is 7. The summed E-state index contributed by atoms with van der Waals surface area (Å²) in [5.41, 5.74) is 6.15. The number of piperidine rings is 1. The highest BCUT2D eigenvalue weighted by molar-refractivity contribution is 6.30. The molecule has 4 heterocycles. The van der Waals surface area contributed by atoms with Gasteiger partial charge >= 0.3 is 12.1 Å². The number of allylic oxidation sites excluding steroid dienone is 1. The number of hydrogen-bond donors (Lipinski definition) is 0. The van der Waals surface area contributed by atoms with Crippen LogP contribution in [0.15, 0.2) is 73.2 Å². The lowest BCUT2D eigenvalue weighted by Gasteiger charge is -2.42. The number of halogens is 1. The summed E-state index contributed by atoms with van der Waals surface area (Å²) < 4.78 is 7.75. The van der Waals surface area contributed by atoms with Crippen molar-refractivity contribution in [1.82, 2.24) is 29.2 Å². The SMILES string of the molecule is Cc1nccn1CC1=Cc2cccnc2[C@H](N2CCN(C(=O)N(CC3CCN(C(=O)OC(C)(C)C)CC3)c3ccc(C#N)cc3)CC2)c2ccc(Cl)cc21. The highest BCUT2D eigenvalue weighted by Gasteiger charge is 2.36. The number of pyridine rings is 1. The van der Waals surface area contributed by atoms with Crippen molar-refractivity contribution in [2.24, 2.45) is 5.92 Å². The van der Waals surface area contributed by atoms with E-state index in [4.69, 9.17) is 21.3 Å². The largest absolute Gasteiger partial charge is 0.444 e. The third-order valence-corrected chi connectivity index (χ3v) is 10.8. The molecule has 2 saturated heterocycles. The summed E-state index contributed by atoms with van der Waals surface area (Å²) in [7, 11) is 0. The van der Waals surface area contributed by atoms with E-state index in [2.05, 4.69) is 44.8 Å². The number of fused-ring (bicyclic) bond motifs is 2. The van der Waals surface area contributed by atoms with E-state index >= 15 is 0 Å². The lowest BCUT2D eigenvalue weighted by atomic mass is 9.93. The number of rotatable bonds is 6. The fraction of sp³-hybridized carbons (Fsp3) is 0.405. The molecule has 0 spiro atoms. The van der Waals surface area contributed by atoms with Gasteiger partial charge in [-0.15, -0.1) is 0 Å². The van der Waals surface area contributed by atoms with Gasteiger partial charge in [-0.05, 0) is 117 Å². The molecule has 2 aromatic heterocycles. The van der Waals surface area contributed by atoms with Crippen molar-refractivity contribution in [1.29, 1.82) is 5.26 Å². The Kier molecular flexibility index (Phi) is 10.8.